The molecule has 4 nitrogen and oxygen atoms in total. The first-order valence-corrected chi connectivity index (χ1v) is 9.33. The van der Waals surface area contributed by atoms with Crippen molar-refractivity contribution in [2.75, 3.05) is 6.54 Å². The third-order valence-electron chi connectivity index (χ3n) is 3.86. The molecule has 2 aromatic carbocycles. The van der Waals surface area contributed by atoms with E-state index in [4.69, 9.17) is 35.4 Å². The first-order valence-electron chi connectivity index (χ1n) is 8.17. The first-order chi connectivity index (χ1) is 12.6. The molecule has 3 aromatic rings. The Morgan fingerprint density at radius 3 is 2.77 bits per heavy atom. The minimum Gasteiger partial charge on any atom is -0.362 e. The van der Waals surface area contributed by atoms with Gasteiger partial charge in [0.15, 0.2) is 5.11 Å². The zero-order chi connectivity index (χ0) is 18.5. The number of aromatic nitrogens is 1. The Morgan fingerprint density at radius 2 is 2.00 bits per heavy atom. The lowest BCUT2D eigenvalue weighted by Gasteiger charge is -2.06. The number of benzene rings is 2. The van der Waals surface area contributed by atoms with Gasteiger partial charge in [-0.05, 0) is 42.9 Å². The smallest absolute Gasteiger partial charge is 0.186 e. The summed E-state index contributed by atoms with van der Waals surface area (Å²) >= 11 is 17.3. The number of thiocarbonyl (C=S) groups is 1. The number of rotatable bonds is 5. The second kappa shape index (κ2) is 8.54. The zero-order valence-electron chi connectivity index (χ0n) is 14.2. The van der Waals surface area contributed by atoms with Crippen LogP contribution in [0.4, 0.5) is 0 Å². The first kappa shape index (κ1) is 18.7. The van der Waals surface area contributed by atoms with Gasteiger partial charge in [-0.2, -0.15) is 5.10 Å². The van der Waals surface area contributed by atoms with E-state index >= 15 is 0 Å². The maximum atomic E-state index is 6.14. The number of hydrazone groups is 1. The number of halogens is 2. The fraction of sp³-hybridized carbons (Fsp3) is 0.158. The molecule has 7 heteroatoms. The van der Waals surface area contributed by atoms with Gasteiger partial charge in [-0.3, -0.25) is 5.43 Å². The van der Waals surface area contributed by atoms with E-state index in [-0.39, 0.29) is 0 Å². The van der Waals surface area contributed by atoms with Crippen LogP contribution < -0.4 is 10.7 Å². The van der Waals surface area contributed by atoms with Gasteiger partial charge in [0.25, 0.3) is 0 Å². The summed E-state index contributed by atoms with van der Waals surface area (Å²) in [7, 11) is 0. The van der Waals surface area contributed by atoms with E-state index in [0.29, 0.717) is 21.7 Å². The fourth-order valence-corrected chi connectivity index (χ4v) is 3.22. The van der Waals surface area contributed by atoms with Crippen LogP contribution in [0.1, 0.15) is 18.1 Å². The molecule has 2 N–H and O–H groups in total. The molecule has 0 saturated heterocycles. The van der Waals surface area contributed by atoms with Gasteiger partial charge in [-0.1, -0.05) is 47.5 Å². The van der Waals surface area contributed by atoms with Gasteiger partial charge in [0.1, 0.15) is 0 Å². The van der Waals surface area contributed by atoms with Gasteiger partial charge in [0, 0.05) is 35.8 Å². The van der Waals surface area contributed by atoms with Gasteiger partial charge in [0.05, 0.1) is 16.3 Å². The van der Waals surface area contributed by atoms with Crippen molar-refractivity contribution < 1.29 is 0 Å². The van der Waals surface area contributed by atoms with E-state index in [2.05, 4.69) is 38.7 Å². The lowest BCUT2D eigenvalue weighted by molar-refractivity contribution is 0.836. The van der Waals surface area contributed by atoms with Crippen molar-refractivity contribution in [3.8, 4) is 0 Å². The van der Waals surface area contributed by atoms with Crippen molar-refractivity contribution in [3.63, 3.8) is 0 Å². The lowest BCUT2D eigenvalue weighted by atomic mass is 10.2. The van der Waals surface area contributed by atoms with Crippen molar-refractivity contribution >= 4 is 57.6 Å². The molecule has 134 valence electrons. The number of nitrogens with zero attached hydrogens (tertiary/aromatic N) is 2. The summed E-state index contributed by atoms with van der Waals surface area (Å²) in [4.78, 5) is 0. The molecule has 3 rings (SSSR count). The van der Waals surface area contributed by atoms with Gasteiger partial charge < -0.3 is 9.88 Å². The van der Waals surface area contributed by atoms with Gasteiger partial charge in [-0.25, -0.2) is 0 Å². The summed E-state index contributed by atoms with van der Waals surface area (Å²) in [5.74, 6) is 0. The summed E-state index contributed by atoms with van der Waals surface area (Å²) in [6.45, 7) is 3.42. The quantitative estimate of drug-likeness (QED) is 0.364. The van der Waals surface area contributed by atoms with Crippen LogP contribution in [0.25, 0.3) is 10.9 Å². The standard InChI is InChI=1S/C19H18Cl2N4S/c1-2-22-19(26)24-23-10-14-12-25(18-6-4-3-5-15(14)18)11-13-7-8-16(20)17(21)9-13/h3-10,12H,2,11H2,1H3,(H2,22,24,26)/b23-10-. The summed E-state index contributed by atoms with van der Waals surface area (Å²) in [6, 6.07) is 13.9. The van der Waals surface area contributed by atoms with Crippen molar-refractivity contribution in [1.29, 1.82) is 0 Å². The summed E-state index contributed by atoms with van der Waals surface area (Å²) in [6.07, 6.45) is 3.84. The minimum absolute atomic E-state index is 0.503. The summed E-state index contributed by atoms with van der Waals surface area (Å²) in [5.41, 5.74) is 6.02. The van der Waals surface area contributed by atoms with Crippen LogP contribution in [0.3, 0.4) is 0 Å². The third-order valence-corrected chi connectivity index (χ3v) is 4.84. The Hall–Kier alpha value is -2.08. The predicted octanol–water partition coefficient (Wildman–Crippen LogP) is 4.81. The fourth-order valence-electron chi connectivity index (χ4n) is 2.70. The van der Waals surface area contributed by atoms with E-state index < -0.39 is 0 Å². The molecular weight excluding hydrogens is 387 g/mol. The molecule has 1 aromatic heterocycles. The second-order valence-electron chi connectivity index (χ2n) is 5.71. The van der Waals surface area contributed by atoms with Gasteiger partial charge >= 0.3 is 0 Å². The molecule has 0 atom stereocenters. The normalized spacial score (nSPS) is 11.2. The van der Waals surface area contributed by atoms with Crippen LogP contribution in [-0.2, 0) is 6.54 Å². The largest absolute Gasteiger partial charge is 0.362 e. The molecule has 1 heterocycles. The van der Waals surface area contributed by atoms with Gasteiger partial charge in [-0.15, -0.1) is 0 Å². The van der Waals surface area contributed by atoms with E-state index in [9.17, 15) is 0 Å². The zero-order valence-corrected chi connectivity index (χ0v) is 16.5. The molecular formula is C19H18Cl2N4S. The molecule has 0 amide bonds. The molecule has 0 bridgehead atoms. The highest BCUT2D eigenvalue weighted by molar-refractivity contribution is 7.80. The van der Waals surface area contributed by atoms with Crippen molar-refractivity contribution in [2.45, 2.75) is 13.5 Å². The summed E-state index contributed by atoms with van der Waals surface area (Å²) < 4.78 is 2.17. The number of hydrogen-bond donors (Lipinski definition) is 2. The maximum absolute atomic E-state index is 6.14. The minimum atomic E-state index is 0.503. The Balaban J connectivity index is 1.88. The van der Waals surface area contributed by atoms with E-state index in [1.165, 1.54) is 0 Å². The average Bonchev–Trinajstić information content (AvgIpc) is 2.96. The van der Waals surface area contributed by atoms with E-state index in [0.717, 1.165) is 28.6 Å². The maximum Gasteiger partial charge on any atom is 0.186 e. The van der Waals surface area contributed by atoms with Crippen LogP contribution in [0.5, 0.6) is 0 Å². The number of para-hydroxylation sites is 1. The van der Waals surface area contributed by atoms with Crippen LogP contribution >= 0.6 is 35.4 Å². The average molecular weight is 405 g/mol. The molecule has 26 heavy (non-hydrogen) atoms. The number of nitrogens with one attached hydrogen (secondary N) is 2. The Morgan fingerprint density at radius 1 is 1.19 bits per heavy atom. The molecule has 0 fully saturated rings. The number of fused-ring (bicyclic) bond motifs is 1. The highest BCUT2D eigenvalue weighted by atomic mass is 35.5. The van der Waals surface area contributed by atoms with Gasteiger partial charge in [0.2, 0.25) is 0 Å². The third kappa shape index (κ3) is 4.36. The Bertz CT molecular complexity index is 965. The molecule has 0 spiro atoms. The highest BCUT2D eigenvalue weighted by Crippen LogP contribution is 2.25. The molecule has 0 unspecified atom stereocenters. The second-order valence-corrected chi connectivity index (χ2v) is 6.93. The van der Waals surface area contributed by atoms with Crippen molar-refractivity contribution in [2.24, 2.45) is 5.10 Å². The van der Waals surface area contributed by atoms with E-state index in [1.54, 1.807) is 6.21 Å². The molecule has 0 aliphatic heterocycles. The monoisotopic (exact) mass is 404 g/mol. The van der Waals surface area contributed by atoms with Crippen LogP contribution in [0.2, 0.25) is 10.0 Å². The topological polar surface area (TPSA) is 41.4 Å². The van der Waals surface area contributed by atoms with Crippen LogP contribution in [-0.4, -0.2) is 22.4 Å². The molecule has 0 aliphatic carbocycles. The SMILES string of the molecule is CCNC(=S)N/N=C\c1cn(Cc2ccc(Cl)c(Cl)c2)c2ccccc12. The van der Waals surface area contributed by atoms with Crippen molar-refractivity contribution in [1.82, 2.24) is 15.3 Å². The molecule has 0 radical (unpaired) electrons. The Labute approximate surface area is 167 Å². The van der Waals surface area contributed by atoms with E-state index in [1.807, 2.05) is 37.3 Å². The Kier molecular flexibility index (Phi) is 6.14. The molecule has 0 aliphatic rings. The predicted molar refractivity (Wildman–Crippen MR) is 115 cm³/mol. The lowest BCUT2D eigenvalue weighted by Crippen LogP contribution is -2.31. The molecule has 0 saturated carbocycles. The summed E-state index contributed by atoms with van der Waals surface area (Å²) in [5, 5.41) is 9.96. The van der Waals surface area contributed by atoms with Crippen LogP contribution in [0, 0.1) is 0 Å². The number of hydrogen-bond acceptors (Lipinski definition) is 2. The highest BCUT2D eigenvalue weighted by Gasteiger charge is 2.08. The van der Waals surface area contributed by atoms with Crippen molar-refractivity contribution in [3.05, 3.63) is 69.8 Å². The van der Waals surface area contributed by atoms with Crippen LogP contribution in [0.15, 0.2) is 53.8 Å².